The Morgan fingerprint density at radius 3 is 2.67 bits per heavy atom. The van der Waals surface area contributed by atoms with Crippen molar-refractivity contribution in [2.75, 3.05) is 26.2 Å². The van der Waals surface area contributed by atoms with E-state index >= 15 is 0 Å². The molecule has 3 nitrogen and oxygen atoms in total. The lowest BCUT2D eigenvalue weighted by Gasteiger charge is -2.29. The molecule has 2 unspecified atom stereocenters. The number of rotatable bonds is 3. The highest BCUT2D eigenvalue weighted by molar-refractivity contribution is 6.30. The van der Waals surface area contributed by atoms with Crippen LogP contribution in [0.1, 0.15) is 36.5 Å². The molecule has 0 radical (unpaired) electrons. The first kappa shape index (κ1) is 15.0. The van der Waals surface area contributed by atoms with Gasteiger partial charge in [-0.3, -0.25) is 14.6 Å². The quantitative estimate of drug-likeness (QED) is 0.802. The number of fused-ring (bicyclic) bond motifs is 1. The van der Waals surface area contributed by atoms with Gasteiger partial charge in [0.2, 0.25) is 0 Å². The normalized spacial score (nSPS) is 25.3. The number of Topliss-reactive ketones (excluding diaryl/α,β-unsaturated/α-hetero) is 1. The van der Waals surface area contributed by atoms with Crippen molar-refractivity contribution in [3.05, 3.63) is 34.9 Å². The van der Waals surface area contributed by atoms with Crippen LogP contribution in [-0.2, 0) is 0 Å². The number of hydrogen-bond donors (Lipinski definition) is 0. The van der Waals surface area contributed by atoms with E-state index in [4.69, 9.17) is 11.6 Å². The topological polar surface area (TPSA) is 23.6 Å². The summed E-state index contributed by atoms with van der Waals surface area (Å²) in [5.41, 5.74) is 0.763. The number of hydrogen-bond acceptors (Lipinski definition) is 3. The molecule has 0 spiro atoms. The summed E-state index contributed by atoms with van der Waals surface area (Å²) in [5, 5.41) is 0.676. The average molecular weight is 307 g/mol. The second kappa shape index (κ2) is 6.47. The van der Waals surface area contributed by atoms with Gasteiger partial charge in [0.05, 0.1) is 6.04 Å². The van der Waals surface area contributed by atoms with Crippen LogP contribution in [0.25, 0.3) is 0 Å². The lowest BCUT2D eigenvalue weighted by Crippen LogP contribution is -2.44. The molecule has 1 aromatic carbocycles. The van der Waals surface area contributed by atoms with Gasteiger partial charge in [0.1, 0.15) is 0 Å². The fourth-order valence-electron chi connectivity index (χ4n) is 3.61. The third kappa shape index (κ3) is 3.31. The van der Waals surface area contributed by atoms with Crippen LogP contribution < -0.4 is 0 Å². The third-order valence-corrected chi connectivity index (χ3v) is 5.14. The second-order valence-corrected chi connectivity index (χ2v) is 6.66. The number of nitrogens with zero attached hydrogens (tertiary/aromatic N) is 2. The first-order chi connectivity index (χ1) is 10.1. The molecular formula is C17H23ClN2O. The molecule has 2 saturated heterocycles. The number of carbonyl (C=O) groups is 1. The molecule has 0 amide bonds. The van der Waals surface area contributed by atoms with Gasteiger partial charge in [-0.25, -0.2) is 0 Å². The van der Waals surface area contributed by atoms with E-state index in [2.05, 4.69) is 9.80 Å². The van der Waals surface area contributed by atoms with Crippen molar-refractivity contribution in [3.63, 3.8) is 0 Å². The van der Waals surface area contributed by atoms with Crippen molar-refractivity contribution in [2.45, 2.75) is 38.3 Å². The molecule has 2 atom stereocenters. The molecule has 2 aliphatic heterocycles. The fraction of sp³-hybridized carbons (Fsp3) is 0.588. The third-order valence-electron chi connectivity index (χ3n) is 4.89. The van der Waals surface area contributed by atoms with Crippen LogP contribution in [-0.4, -0.2) is 53.8 Å². The molecule has 3 rings (SSSR count). The monoisotopic (exact) mass is 306 g/mol. The summed E-state index contributed by atoms with van der Waals surface area (Å²) >= 11 is 5.90. The van der Waals surface area contributed by atoms with E-state index < -0.39 is 0 Å². The van der Waals surface area contributed by atoms with Gasteiger partial charge in [-0.2, -0.15) is 0 Å². The molecule has 0 aromatic heterocycles. The second-order valence-electron chi connectivity index (χ2n) is 6.23. The molecule has 2 fully saturated rings. The predicted octanol–water partition coefficient (Wildman–Crippen LogP) is 3.08. The average Bonchev–Trinajstić information content (AvgIpc) is 2.83. The summed E-state index contributed by atoms with van der Waals surface area (Å²) < 4.78 is 0. The van der Waals surface area contributed by atoms with Gasteiger partial charge in [0.25, 0.3) is 0 Å². The predicted molar refractivity (Wildman–Crippen MR) is 86.0 cm³/mol. The zero-order valence-electron chi connectivity index (χ0n) is 12.6. The summed E-state index contributed by atoms with van der Waals surface area (Å²) in [4.78, 5) is 17.6. The fourth-order valence-corrected chi connectivity index (χ4v) is 3.73. The van der Waals surface area contributed by atoms with Crippen molar-refractivity contribution in [1.82, 2.24) is 9.80 Å². The molecule has 0 bridgehead atoms. The van der Waals surface area contributed by atoms with Crippen molar-refractivity contribution in [3.8, 4) is 0 Å². The zero-order valence-corrected chi connectivity index (χ0v) is 13.4. The van der Waals surface area contributed by atoms with Crippen molar-refractivity contribution in [1.29, 1.82) is 0 Å². The van der Waals surface area contributed by atoms with Crippen molar-refractivity contribution in [2.24, 2.45) is 0 Å². The van der Waals surface area contributed by atoms with Gasteiger partial charge >= 0.3 is 0 Å². The first-order valence-corrected chi connectivity index (χ1v) is 8.31. The van der Waals surface area contributed by atoms with Gasteiger partial charge in [-0.05, 0) is 63.5 Å². The number of benzene rings is 1. The Kier molecular flexibility index (Phi) is 4.63. The zero-order chi connectivity index (χ0) is 14.8. The summed E-state index contributed by atoms with van der Waals surface area (Å²) in [6, 6.07) is 7.85. The van der Waals surface area contributed by atoms with Crippen LogP contribution >= 0.6 is 11.6 Å². The Hall–Kier alpha value is -0.900. The van der Waals surface area contributed by atoms with Gasteiger partial charge in [0.15, 0.2) is 5.78 Å². The highest BCUT2D eigenvalue weighted by atomic mass is 35.5. The van der Waals surface area contributed by atoms with Crippen molar-refractivity contribution >= 4 is 17.4 Å². The Morgan fingerprint density at radius 1 is 1.19 bits per heavy atom. The molecule has 0 aliphatic carbocycles. The van der Waals surface area contributed by atoms with Crippen LogP contribution in [0.15, 0.2) is 24.3 Å². The molecule has 2 aliphatic rings. The number of carbonyl (C=O) groups excluding carboxylic acids is 1. The minimum absolute atomic E-state index is 0.0493. The van der Waals surface area contributed by atoms with Crippen LogP contribution in [0.3, 0.4) is 0 Å². The van der Waals surface area contributed by atoms with E-state index in [1.165, 1.54) is 25.9 Å². The van der Waals surface area contributed by atoms with E-state index in [-0.39, 0.29) is 11.8 Å². The maximum absolute atomic E-state index is 12.7. The summed E-state index contributed by atoms with van der Waals surface area (Å²) in [7, 11) is 0. The molecular weight excluding hydrogens is 284 g/mol. The van der Waals surface area contributed by atoms with E-state index in [1.54, 1.807) is 12.1 Å². The Labute approximate surface area is 131 Å². The van der Waals surface area contributed by atoms with Crippen LogP contribution in [0.5, 0.6) is 0 Å². The van der Waals surface area contributed by atoms with Gasteiger partial charge in [-0.15, -0.1) is 0 Å². The molecule has 0 saturated carbocycles. The minimum atomic E-state index is -0.0493. The Bertz CT molecular complexity index is 502. The standard InChI is InChI=1S/C17H23ClN2O/c1-13(17(21)14-5-7-15(18)8-6-14)20-11-3-10-19-9-2-4-16(19)12-20/h5-8,13,16H,2-4,9-12H2,1H3. The summed E-state index contributed by atoms with van der Waals surface area (Å²) in [5.74, 6) is 0.207. The Balaban J connectivity index is 1.70. The summed E-state index contributed by atoms with van der Waals surface area (Å²) in [6.07, 6.45) is 3.74. The molecule has 0 N–H and O–H groups in total. The van der Waals surface area contributed by atoms with Gasteiger partial charge in [0, 0.05) is 29.7 Å². The molecule has 1 aromatic rings. The van der Waals surface area contributed by atoms with E-state index in [9.17, 15) is 4.79 Å². The van der Waals surface area contributed by atoms with Crippen LogP contribution in [0.4, 0.5) is 0 Å². The number of ketones is 1. The van der Waals surface area contributed by atoms with Gasteiger partial charge in [-0.1, -0.05) is 11.6 Å². The maximum Gasteiger partial charge on any atom is 0.179 e. The van der Waals surface area contributed by atoms with Crippen LogP contribution in [0.2, 0.25) is 5.02 Å². The van der Waals surface area contributed by atoms with Crippen molar-refractivity contribution < 1.29 is 4.79 Å². The van der Waals surface area contributed by atoms with Crippen LogP contribution in [0, 0.1) is 0 Å². The smallest absolute Gasteiger partial charge is 0.179 e. The van der Waals surface area contributed by atoms with Gasteiger partial charge < -0.3 is 0 Å². The number of halogens is 1. The molecule has 21 heavy (non-hydrogen) atoms. The van der Waals surface area contributed by atoms with E-state index in [1.807, 2.05) is 19.1 Å². The lowest BCUT2D eigenvalue weighted by molar-refractivity contribution is 0.0827. The first-order valence-electron chi connectivity index (χ1n) is 7.93. The van der Waals surface area contributed by atoms with E-state index in [0.29, 0.717) is 11.1 Å². The molecule has 114 valence electrons. The molecule has 4 heteroatoms. The van der Waals surface area contributed by atoms with E-state index in [0.717, 1.165) is 25.1 Å². The maximum atomic E-state index is 12.7. The minimum Gasteiger partial charge on any atom is -0.299 e. The highest BCUT2D eigenvalue weighted by Crippen LogP contribution is 2.23. The Morgan fingerprint density at radius 2 is 1.90 bits per heavy atom. The largest absolute Gasteiger partial charge is 0.299 e. The summed E-state index contributed by atoms with van der Waals surface area (Å²) in [6.45, 7) is 6.51. The highest BCUT2D eigenvalue weighted by Gasteiger charge is 2.32. The lowest BCUT2D eigenvalue weighted by atomic mass is 10.0. The molecule has 2 heterocycles. The SMILES string of the molecule is CC(C(=O)c1ccc(Cl)cc1)N1CCCN2CCCC2C1.